The van der Waals surface area contributed by atoms with Crippen LogP contribution in [0, 0.1) is 11.8 Å². The van der Waals surface area contributed by atoms with Gasteiger partial charge in [-0.25, -0.2) is 0 Å². The minimum absolute atomic E-state index is 0.588. The van der Waals surface area contributed by atoms with Crippen LogP contribution in [0.3, 0.4) is 0 Å². The first kappa shape index (κ1) is 13.6. The molecular formula is C17H24BrN. The van der Waals surface area contributed by atoms with Crippen LogP contribution in [0.15, 0.2) is 22.7 Å². The van der Waals surface area contributed by atoms with E-state index in [4.69, 9.17) is 0 Å². The third-order valence-electron chi connectivity index (χ3n) is 4.91. The van der Waals surface area contributed by atoms with Crippen LogP contribution in [0.5, 0.6) is 0 Å². The molecule has 0 bridgehead atoms. The van der Waals surface area contributed by atoms with Crippen LogP contribution >= 0.6 is 15.9 Å². The molecule has 1 fully saturated rings. The molecular weight excluding hydrogens is 298 g/mol. The summed E-state index contributed by atoms with van der Waals surface area (Å²) in [5, 5.41) is 3.83. The van der Waals surface area contributed by atoms with Crippen molar-refractivity contribution in [2.45, 2.75) is 51.5 Å². The van der Waals surface area contributed by atoms with Gasteiger partial charge in [-0.3, -0.25) is 0 Å². The highest BCUT2D eigenvalue weighted by atomic mass is 79.9. The van der Waals surface area contributed by atoms with Crippen molar-refractivity contribution in [3.8, 4) is 0 Å². The Morgan fingerprint density at radius 2 is 2.16 bits per heavy atom. The summed E-state index contributed by atoms with van der Waals surface area (Å²) in [6, 6.07) is 7.23. The van der Waals surface area contributed by atoms with Crippen molar-refractivity contribution in [2.24, 2.45) is 11.8 Å². The molecule has 1 nitrogen and oxygen atoms in total. The van der Waals surface area contributed by atoms with E-state index < -0.39 is 0 Å². The standard InChI is InChI=1S/C17H24BrN/c1-12-4-2-5-13(10-12)11-19-17-9-8-14-15(17)6-3-7-16(14)18/h3,6-7,12-13,17,19H,2,4-5,8-11H2,1H3. The maximum atomic E-state index is 3.83. The van der Waals surface area contributed by atoms with Gasteiger partial charge < -0.3 is 5.32 Å². The van der Waals surface area contributed by atoms with E-state index in [0.717, 1.165) is 11.8 Å². The lowest BCUT2D eigenvalue weighted by Gasteiger charge is -2.28. The first-order chi connectivity index (χ1) is 9.24. The lowest BCUT2D eigenvalue weighted by molar-refractivity contribution is 0.266. The average molecular weight is 322 g/mol. The van der Waals surface area contributed by atoms with Gasteiger partial charge in [0.1, 0.15) is 0 Å². The third-order valence-corrected chi connectivity index (χ3v) is 5.65. The van der Waals surface area contributed by atoms with E-state index in [9.17, 15) is 0 Å². The molecule has 3 atom stereocenters. The Kier molecular flexibility index (Phi) is 4.28. The summed E-state index contributed by atoms with van der Waals surface area (Å²) in [5.74, 6) is 1.84. The molecule has 1 aromatic rings. The van der Waals surface area contributed by atoms with Crippen LogP contribution in [0.4, 0.5) is 0 Å². The number of halogens is 1. The predicted octanol–water partition coefficient (Wildman–Crippen LogP) is 4.85. The second-order valence-corrected chi connectivity index (χ2v) is 7.30. The molecule has 0 heterocycles. The summed E-state index contributed by atoms with van der Waals surface area (Å²) in [6.45, 7) is 3.62. The minimum Gasteiger partial charge on any atom is -0.310 e. The van der Waals surface area contributed by atoms with E-state index in [-0.39, 0.29) is 0 Å². The normalized spacial score (nSPS) is 30.3. The van der Waals surface area contributed by atoms with Crippen LogP contribution in [0.1, 0.15) is 56.2 Å². The second-order valence-electron chi connectivity index (χ2n) is 6.44. The topological polar surface area (TPSA) is 12.0 Å². The molecule has 2 aliphatic rings. The van der Waals surface area contributed by atoms with Gasteiger partial charge in [0.05, 0.1) is 0 Å². The molecule has 19 heavy (non-hydrogen) atoms. The molecule has 3 rings (SSSR count). The highest BCUT2D eigenvalue weighted by Crippen LogP contribution is 2.36. The van der Waals surface area contributed by atoms with E-state index in [1.807, 2.05) is 0 Å². The van der Waals surface area contributed by atoms with Crippen molar-refractivity contribution >= 4 is 15.9 Å². The lowest BCUT2D eigenvalue weighted by atomic mass is 9.82. The van der Waals surface area contributed by atoms with Crippen molar-refractivity contribution in [3.05, 3.63) is 33.8 Å². The summed E-state index contributed by atoms with van der Waals surface area (Å²) in [6.07, 6.45) is 8.20. The fourth-order valence-corrected chi connectivity index (χ4v) is 4.46. The van der Waals surface area contributed by atoms with Crippen molar-refractivity contribution in [2.75, 3.05) is 6.54 Å². The zero-order valence-electron chi connectivity index (χ0n) is 11.8. The van der Waals surface area contributed by atoms with Gasteiger partial charge in [-0.15, -0.1) is 0 Å². The molecule has 3 unspecified atom stereocenters. The largest absolute Gasteiger partial charge is 0.310 e. The van der Waals surface area contributed by atoms with Gasteiger partial charge in [0.15, 0.2) is 0 Å². The molecule has 0 saturated heterocycles. The molecule has 0 aliphatic heterocycles. The summed E-state index contributed by atoms with van der Waals surface area (Å²) in [4.78, 5) is 0. The number of fused-ring (bicyclic) bond motifs is 1. The van der Waals surface area contributed by atoms with Crippen molar-refractivity contribution in [1.29, 1.82) is 0 Å². The highest BCUT2D eigenvalue weighted by molar-refractivity contribution is 9.10. The van der Waals surface area contributed by atoms with Crippen LogP contribution in [-0.4, -0.2) is 6.54 Å². The zero-order chi connectivity index (χ0) is 13.2. The van der Waals surface area contributed by atoms with Crippen LogP contribution < -0.4 is 5.32 Å². The van der Waals surface area contributed by atoms with Gasteiger partial charge in [-0.1, -0.05) is 47.8 Å². The van der Waals surface area contributed by atoms with E-state index in [0.29, 0.717) is 6.04 Å². The predicted molar refractivity (Wildman–Crippen MR) is 84.3 cm³/mol. The number of hydrogen-bond donors (Lipinski definition) is 1. The van der Waals surface area contributed by atoms with Crippen molar-refractivity contribution in [1.82, 2.24) is 5.32 Å². The lowest BCUT2D eigenvalue weighted by Crippen LogP contribution is -2.29. The average Bonchev–Trinajstić information content (AvgIpc) is 2.81. The maximum absolute atomic E-state index is 3.83. The van der Waals surface area contributed by atoms with Crippen molar-refractivity contribution in [3.63, 3.8) is 0 Å². The SMILES string of the molecule is CC1CCCC(CNC2CCc3c(Br)cccc32)C1. The molecule has 1 N–H and O–H groups in total. The molecule has 0 aromatic heterocycles. The minimum atomic E-state index is 0.588. The summed E-state index contributed by atoms with van der Waals surface area (Å²) >= 11 is 3.68. The Hall–Kier alpha value is -0.340. The van der Waals surface area contributed by atoms with Crippen LogP contribution in [-0.2, 0) is 6.42 Å². The van der Waals surface area contributed by atoms with E-state index in [2.05, 4.69) is 46.4 Å². The molecule has 2 aliphatic carbocycles. The van der Waals surface area contributed by atoms with Gasteiger partial charge >= 0.3 is 0 Å². The van der Waals surface area contributed by atoms with Gasteiger partial charge in [-0.05, 0) is 61.3 Å². The maximum Gasteiger partial charge on any atom is 0.0326 e. The monoisotopic (exact) mass is 321 g/mol. The number of rotatable bonds is 3. The van der Waals surface area contributed by atoms with Gasteiger partial charge in [-0.2, -0.15) is 0 Å². The quantitative estimate of drug-likeness (QED) is 0.838. The molecule has 104 valence electrons. The Labute approximate surface area is 125 Å². The fourth-order valence-electron chi connectivity index (χ4n) is 3.88. The molecule has 2 heteroatoms. The van der Waals surface area contributed by atoms with Gasteiger partial charge in [0.25, 0.3) is 0 Å². The van der Waals surface area contributed by atoms with Crippen molar-refractivity contribution < 1.29 is 0 Å². The number of benzene rings is 1. The second kappa shape index (κ2) is 5.97. The molecule has 1 saturated carbocycles. The van der Waals surface area contributed by atoms with E-state index >= 15 is 0 Å². The van der Waals surface area contributed by atoms with Gasteiger partial charge in [0, 0.05) is 10.5 Å². The Morgan fingerprint density at radius 1 is 1.26 bits per heavy atom. The zero-order valence-corrected chi connectivity index (χ0v) is 13.4. The first-order valence-corrected chi connectivity index (χ1v) is 8.54. The first-order valence-electron chi connectivity index (χ1n) is 7.74. The summed E-state index contributed by atoms with van der Waals surface area (Å²) in [7, 11) is 0. The number of hydrogen-bond acceptors (Lipinski definition) is 1. The Bertz CT molecular complexity index is 443. The molecule has 0 amide bonds. The molecule has 0 spiro atoms. The Morgan fingerprint density at radius 3 is 3.00 bits per heavy atom. The smallest absolute Gasteiger partial charge is 0.0326 e. The van der Waals surface area contributed by atoms with E-state index in [1.165, 1.54) is 60.7 Å². The van der Waals surface area contributed by atoms with Gasteiger partial charge in [0.2, 0.25) is 0 Å². The summed E-state index contributed by atoms with van der Waals surface area (Å²) in [5.41, 5.74) is 3.05. The number of nitrogens with one attached hydrogen (secondary N) is 1. The Balaban J connectivity index is 1.59. The van der Waals surface area contributed by atoms with E-state index in [1.54, 1.807) is 0 Å². The third kappa shape index (κ3) is 3.05. The molecule has 0 radical (unpaired) electrons. The molecule has 1 aromatic carbocycles. The summed E-state index contributed by atoms with van der Waals surface area (Å²) < 4.78 is 1.29. The van der Waals surface area contributed by atoms with Crippen LogP contribution in [0.2, 0.25) is 0 Å². The highest BCUT2D eigenvalue weighted by Gasteiger charge is 2.25. The fraction of sp³-hybridized carbons (Fsp3) is 0.647. The van der Waals surface area contributed by atoms with Crippen LogP contribution in [0.25, 0.3) is 0 Å².